The second kappa shape index (κ2) is 3.81. The lowest BCUT2D eigenvalue weighted by Crippen LogP contribution is -2.13. The number of rotatable bonds is 2. The van der Waals surface area contributed by atoms with E-state index in [4.69, 9.17) is 65.6 Å². The van der Waals surface area contributed by atoms with Crippen molar-refractivity contribution in [2.24, 2.45) is 0 Å². The van der Waals surface area contributed by atoms with Gasteiger partial charge in [0, 0.05) is 10.8 Å². The van der Waals surface area contributed by atoms with E-state index in [0.29, 0.717) is 0 Å². The normalized spacial score (nSPS) is 16.6. The summed E-state index contributed by atoms with van der Waals surface area (Å²) in [4.78, 5) is 0. The van der Waals surface area contributed by atoms with Crippen molar-refractivity contribution in [3.63, 3.8) is 0 Å². The van der Waals surface area contributed by atoms with Crippen molar-refractivity contribution in [2.45, 2.75) is 6.42 Å². The molecule has 0 saturated heterocycles. The molecule has 0 N–H and O–H groups in total. The minimum absolute atomic E-state index is 0.0366. The summed E-state index contributed by atoms with van der Waals surface area (Å²) in [7, 11) is 28.9. The first-order valence-corrected chi connectivity index (χ1v) is 10.8. The number of halogens is 5. The van der Waals surface area contributed by atoms with E-state index in [-0.39, 0.29) is 10.6 Å². The predicted molar refractivity (Wildman–Crippen MR) is 79.6 cm³/mol. The minimum Gasteiger partial charge on any atom is -0.0744 e. The van der Waals surface area contributed by atoms with Crippen LogP contribution < -0.4 is 0 Å². The molecule has 0 nitrogen and oxygen atoms in total. The lowest BCUT2D eigenvalue weighted by molar-refractivity contribution is 1.37. The molecule has 0 atom stereocenters. The molecule has 7 heteroatoms. The zero-order chi connectivity index (χ0) is 11.8. The van der Waals surface area contributed by atoms with Gasteiger partial charge in [-0.15, -0.1) is 0 Å². The number of thiocarbonyl (C=S) groups is 1. The average Bonchev–Trinajstić information content (AvgIpc) is 2.01. The molecule has 0 saturated carbocycles. The van der Waals surface area contributed by atoms with Crippen LogP contribution in [0.3, 0.4) is 0 Å². The Morgan fingerprint density at radius 3 is 1.87 bits per heavy atom. The van der Waals surface area contributed by atoms with Gasteiger partial charge in [-0.25, -0.2) is 0 Å². The van der Waals surface area contributed by atoms with Crippen molar-refractivity contribution in [1.29, 1.82) is 0 Å². The van der Waals surface area contributed by atoms with Gasteiger partial charge in [0.15, 0.2) is 0 Å². The van der Waals surface area contributed by atoms with Gasteiger partial charge in [0.2, 0.25) is 0 Å². The van der Waals surface area contributed by atoms with Crippen LogP contribution >= 0.6 is 70.0 Å². The molecule has 0 radical (unpaired) electrons. The molecule has 0 heterocycles. The Morgan fingerprint density at radius 2 is 1.47 bits per heavy atom. The van der Waals surface area contributed by atoms with Crippen LogP contribution in [0.15, 0.2) is 30.3 Å². The molecular weight excluding hydrogens is 337 g/mol. The second-order valence-corrected chi connectivity index (χ2v) is 22.5. The molecule has 0 spiro atoms. The third kappa shape index (κ3) is 4.86. The Kier molecular flexibility index (Phi) is 3.60. The van der Waals surface area contributed by atoms with Crippen LogP contribution in [0.1, 0.15) is 5.56 Å². The van der Waals surface area contributed by atoms with Crippen LogP contribution in [0.25, 0.3) is 0 Å². The lowest BCUT2D eigenvalue weighted by atomic mass is 10.2. The van der Waals surface area contributed by atoms with Crippen LogP contribution in [0.5, 0.6) is 0 Å². The molecule has 0 fully saturated rings. The Hall–Kier alpha value is 1.11. The first-order chi connectivity index (χ1) is 6.49. The fraction of sp³-hybridized carbons (Fsp3) is 0.125. The standard InChI is InChI=1S/C8H7Cl5S2/c9-15(10,11,12,13)8(14)6-7-4-2-1-3-5-7/h1-5H,6H2. The number of hydrogen-bond acceptors (Lipinski definition) is 1. The summed E-state index contributed by atoms with van der Waals surface area (Å²) >= 11 is 4.99. The average molecular weight is 345 g/mol. The second-order valence-electron chi connectivity index (χ2n) is 3.00. The van der Waals surface area contributed by atoms with Gasteiger partial charge >= 0.3 is 0 Å². The molecule has 0 aromatic heterocycles. The van der Waals surface area contributed by atoms with Crippen LogP contribution in [0.2, 0.25) is 0 Å². The van der Waals surface area contributed by atoms with E-state index in [1.165, 1.54) is 0 Å². The number of benzene rings is 1. The Morgan fingerprint density at radius 1 is 1.00 bits per heavy atom. The van der Waals surface area contributed by atoms with Crippen LogP contribution in [-0.2, 0) is 6.42 Å². The summed E-state index contributed by atoms with van der Waals surface area (Å²) in [6, 6.07) is 9.31. The largest absolute Gasteiger partial charge is 0.0813 e. The SMILES string of the molecule is S=C(Cc1ccccc1)S(Cl)(Cl)(Cl)(Cl)Cl. The van der Waals surface area contributed by atoms with E-state index in [1.54, 1.807) is 0 Å². The van der Waals surface area contributed by atoms with E-state index in [0.717, 1.165) is 5.56 Å². The van der Waals surface area contributed by atoms with Gasteiger partial charge in [-0.1, -0.05) is 42.5 Å². The molecule has 86 valence electrons. The Labute approximate surface area is 116 Å². The molecular formula is C8H7Cl5S2. The fourth-order valence-corrected chi connectivity index (χ4v) is 2.32. The summed E-state index contributed by atoms with van der Waals surface area (Å²) in [5.41, 5.74) is 0.899. The van der Waals surface area contributed by atoms with Crippen molar-refractivity contribution >= 4 is 74.2 Å². The summed E-state index contributed by atoms with van der Waals surface area (Å²) in [6.07, 6.45) is 0.265. The van der Waals surface area contributed by atoms with Crippen LogP contribution in [0, 0.1) is 0 Å². The summed E-state index contributed by atoms with van der Waals surface area (Å²) in [6.45, 7) is 0. The topological polar surface area (TPSA) is 0 Å². The van der Waals surface area contributed by atoms with E-state index in [1.807, 2.05) is 30.3 Å². The fourth-order valence-electron chi connectivity index (χ4n) is 0.899. The first kappa shape index (κ1) is 14.2. The minimum atomic E-state index is -4.75. The third-order valence-corrected chi connectivity index (χ3v) is 8.19. The summed E-state index contributed by atoms with van der Waals surface area (Å²) < 4.78 is -4.71. The highest BCUT2D eigenvalue weighted by molar-refractivity contribution is 9.30. The van der Waals surface area contributed by atoms with Crippen molar-refractivity contribution in [2.75, 3.05) is 0 Å². The van der Waals surface area contributed by atoms with Gasteiger partial charge in [-0.3, -0.25) is 0 Å². The van der Waals surface area contributed by atoms with E-state index >= 15 is 0 Å². The monoisotopic (exact) mass is 342 g/mol. The van der Waals surface area contributed by atoms with E-state index in [2.05, 4.69) is 0 Å². The molecule has 0 bridgehead atoms. The molecule has 0 aliphatic rings. The van der Waals surface area contributed by atoms with Crippen molar-refractivity contribution in [3.05, 3.63) is 35.9 Å². The van der Waals surface area contributed by atoms with Gasteiger partial charge in [-0.2, -0.15) is 0 Å². The Balaban J connectivity index is 2.93. The molecule has 1 aromatic carbocycles. The maximum atomic E-state index is 5.78. The molecule has 0 unspecified atom stereocenters. The highest BCUT2D eigenvalue weighted by Gasteiger charge is 2.56. The maximum Gasteiger partial charge on any atom is 0.0813 e. The van der Waals surface area contributed by atoms with Gasteiger partial charge < -0.3 is 0 Å². The zero-order valence-corrected chi connectivity index (χ0v) is 12.7. The van der Waals surface area contributed by atoms with Gasteiger partial charge in [0.05, 0.1) is 4.20 Å². The smallest absolute Gasteiger partial charge is 0.0744 e. The number of hydrogen-bond donors (Lipinski definition) is 0. The van der Waals surface area contributed by atoms with E-state index < -0.39 is 4.36 Å². The maximum absolute atomic E-state index is 5.78. The summed E-state index contributed by atoms with van der Waals surface area (Å²) in [5.74, 6) is 0. The van der Waals surface area contributed by atoms with E-state index in [9.17, 15) is 0 Å². The van der Waals surface area contributed by atoms with Crippen molar-refractivity contribution in [1.82, 2.24) is 0 Å². The van der Waals surface area contributed by atoms with Crippen molar-refractivity contribution in [3.8, 4) is 0 Å². The Bertz CT molecular complexity index is 379. The zero-order valence-electron chi connectivity index (χ0n) is 7.30. The van der Waals surface area contributed by atoms with Gasteiger partial charge in [0.25, 0.3) is 0 Å². The predicted octanol–water partition coefficient (Wildman–Crippen LogP) is 6.20. The quantitative estimate of drug-likeness (QED) is 0.575. The molecule has 1 aromatic rings. The first-order valence-electron chi connectivity index (χ1n) is 3.80. The summed E-state index contributed by atoms with van der Waals surface area (Å²) in [5, 5.41) is 0. The van der Waals surface area contributed by atoms with Crippen LogP contribution in [-0.4, -0.2) is 4.20 Å². The van der Waals surface area contributed by atoms with Crippen molar-refractivity contribution < 1.29 is 0 Å². The molecule has 1 rings (SSSR count). The molecule has 0 aliphatic carbocycles. The van der Waals surface area contributed by atoms with Gasteiger partial charge in [0.1, 0.15) is 0 Å². The highest BCUT2D eigenvalue weighted by Crippen LogP contribution is 3.09. The van der Waals surface area contributed by atoms with Crippen LogP contribution in [0.4, 0.5) is 0 Å². The third-order valence-electron chi connectivity index (χ3n) is 1.62. The molecule has 15 heavy (non-hydrogen) atoms. The van der Waals surface area contributed by atoms with Gasteiger partial charge in [-0.05, 0) is 59.0 Å². The molecule has 0 aliphatic heterocycles. The lowest BCUT2D eigenvalue weighted by Gasteiger charge is -2.50. The molecule has 0 amide bonds. The highest BCUT2D eigenvalue weighted by atomic mass is 36.6.